The number of aromatic nitrogens is 1. The van der Waals surface area contributed by atoms with Crippen molar-refractivity contribution in [1.29, 1.82) is 0 Å². The molecule has 6 nitrogen and oxygen atoms in total. The second-order valence-electron chi connectivity index (χ2n) is 9.34. The van der Waals surface area contributed by atoms with E-state index in [1.54, 1.807) is 30.3 Å². The Morgan fingerprint density at radius 3 is 2.48 bits per heavy atom. The van der Waals surface area contributed by atoms with Crippen molar-refractivity contribution in [3.63, 3.8) is 0 Å². The normalized spacial score (nSPS) is 15.2. The van der Waals surface area contributed by atoms with E-state index in [1.165, 1.54) is 37.3 Å². The molecule has 4 aromatic rings. The maximum atomic E-state index is 14.4. The van der Waals surface area contributed by atoms with Crippen LogP contribution in [0.25, 0.3) is 6.08 Å². The molecule has 0 unspecified atom stereocenters. The number of hydrogen-bond acceptors (Lipinski definition) is 6. The van der Waals surface area contributed by atoms with Gasteiger partial charge in [0.05, 0.1) is 27.2 Å². The van der Waals surface area contributed by atoms with Crippen LogP contribution in [0.3, 0.4) is 0 Å². The van der Waals surface area contributed by atoms with Crippen molar-refractivity contribution in [3.05, 3.63) is 127 Å². The first kappa shape index (κ1) is 32.5. The highest BCUT2D eigenvalue weighted by Crippen LogP contribution is 2.39. The summed E-state index contributed by atoms with van der Waals surface area (Å²) in [5, 5.41) is 0.863. The molecule has 0 spiro atoms. The standard InChI is InChI=1S/C30H19Br2Cl2F3N2O4S/c1-2-42-28(41)23-24(16-6-8-19(33)9-7-16)39-27(40)22(44-29(39)38-26(23)30(35,36)37)12-17-11-18(31)13-21(32)25(17)43-14-15-4-3-5-20(34)10-15/h3-13,24H,2,14H2,1H3/b22-12-/t24-/m1/s1. The van der Waals surface area contributed by atoms with Crippen molar-refractivity contribution < 1.29 is 27.4 Å². The van der Waals surface area contributed by atoms with Gasteiger partial charge in [-0.1, -0.05) is 74.7 Å². The van der Waals surface area contributed by atoms with Gasteiger partial charge in [-0.25, -0.2) is 9.79 Å². The topological polar surface area (TPSA) is 69.9 Å². The molecule has 0 aliphatic carbocycles. The number of hydrogen-bond donors (Lipinski definition) is 0. The first-order valence-electron chi connectivity index (χ1n) is 12.8. The maximum Gasteiger partial charge on any atom is 0.434 e. The molecule has 5 rings (SSSR count). The summed E-state index contributed by atoms with van der Waals surface area (Å²) in [5.41, 5.74) is -1.41. The van der Waals surface area contributed by atoms with Crippen LogP contribution in [0.1, 0.15) is 29.7 Å². The molecule has 1 atom stereocenters. The van der Waals surface area contributed by atoms with Crippen molar-refractivity contribution >= 4 is 78.4 Å². The predicted octanol–water partition coefficient (Wildman–Crippen LogP) is 7.75. The van der Waals surface area contributed by atoms with Gasteiger partial charge < -0.3 is 9.47 Å². The summed E-state index contributed by atoms with van der Waals surface area (Å²) in [6, 6.07) is 14.9. The molecule has 0 bridgehead atoms. The molecule has 44 heavy (non-hydrogen) atoms. The molecule has 0 saturated heterocycles. The van der Waals surface area contributed by atoms with E-state index < -0.39 is 35.0 Å². The van der Waals surface area contributed by atoms with E-state index >= 15 is 0 Å². The van der Waals surface area contributed by atoms with Gasteiger partial charge >= 0.3 is 12.1 Å². The minimum absolute atomic E-state index is 0.0620. The number of ether oxygens (including phenoxy) is 2. The summed E-state index contributed by atoms with van der Waals surface area (Å²) < 4.78 is 56.6. The van der Waals surface area contributed by atoms with Gasteiger partial charge in [0.25, 0.3) is 5.56 Å². The lowest BCUT2D eigenvalue weighted by atomic mass is 9.95. The van der Waals surface area contributed by atoms with Crippen LogP contribution in [0.5, 0.6) is 5.75 Å². The van der Waals surface area contributed by atoms with E-state index in [0.717, 1.165) is 21.5 Å². The van der Waals surface area contributed by atoms with Crippen molar-refractivity contribution in [1.82, 2.24) is 4.57 Å². The second kappa shape index (κ2) is 13.2. The molecule has 0 fully saturated rings. The molecule has 0 amide bonds. The van der Waals surface area contributed by atoms with Gasteiger partial charge in [-0.3, -0.25) is 9.36 Å². The minimum atomic E-state index is -5.02. The fraction of sp³-hybridized carbons (Fsp3) is 0.167. The summed E-state index contributed by atoms with van der Waals surface area (Å²) in [6.07, 6.45) is -3.51. The number of benzene rings is 3. The number of rotatable bonds is 7. The summed E-state index contributed by atoms with van der Waals surface area (Å²) in [7, 11) is 0. The molecule has 0 radical (unpaired) electrons. The lowest BCUT2D eigenvalue weighted by Crippen LogP contribution is -2.41. The number of halogens is 7. The third-order valence-corrected chi connectivity index (χ3v) is 8.89. The first-order chi connectivity index (χ1) is 20.9. The number of esters is 1. The Morgan fingerprint density at radius 2 is 1.82 bits per heavy atom. The van der Waals surface area contributed by atoms with Crippen LogP contribution >= 0.6 is 66.4 Å². The maximum absolute atomic E-state index is 14.4. The number of nitrogens with zero attached hydrogens (tertiary/aromatic N) is 2. The van der Waals surface area contributed by atoms with Crippen LogP contribution in [0.2, 0.25) is 10.0 Å². The highest BCUT2D eigenvalue weighted by molar-refractivity contribution is 9.11. The highest BCUT2D eigenvalue weighted by Gasteiger charge is 2.45. The molecule has 14 heteroatoms. The third kappa shape index (κ3) is 6.84. The second-order valence-corrected chi connectivity index (χ2v) is 13.0. The zero-order chi connectivity index (χ0) is 31.8. The Balaban J connectivity index is 1.71. The molecular weight excluding hydrogens is 772 g/mol. The largest absolute Gasteiger partial charge is 0.487 e. The summed E-state index contributed by atoms with van der Waals surface area (Å²) in [4.78, 5) is 30.6. The van der Waals surface area contributed by atoms with Gasteiger partial charge in [0.2, 0.25) is 0 Å². The lowest BCUT2D eigenvalue weighted by molar-refractivity contribution is -0.140. The van der Waals surface area contributed by atoms with E-state index in [-0.39, 0.29) is 28.1 Å². The zero-order valence-electron chi connectivity index (χ0n) is 22.4. The van der Waals surface area contributed by atoms with Gasteiger partial charge in [0, 0.05) is 20.1 Å². The summed E-state index contributed by atoms with van der Waals surface area (Å²) >= 11 is 19.8. The SMILES string of the molecule is CCOC(=O)C1=C(C(F)(F)F)N=c2s/c(=C\c3cc(Br)cc(Br)c3OCc3cccc(Cl)c3)c(=O)n2[C@@H]1c1ccc(Cl)cc1. The van der Waals surface area contributed by atoms with Gasteiger partial charge in [0.15, 0.2) is 10.5 Å². The van der Waals surface area contributed by atoms with Gasteiger partial charge in [0.1, 0.15) is 12.4 Å². The van der Waals surface area contributed by atoms with Gasteiger partial charge in [-0.2, -0.15) is 13.2 Å². The van der Waals surface area contributed by atoms with Gasteiger partial charge in [-0.15, -0.1) is 0 Å². The molecule has 0 saturated carbocycles. The van der Waals surface area contributed by atoms with E-state index in [2.05, 4.69) is 36.9 Å². The predicted molar refractivity (Wildman–Crippen MR) is 170 cm³/mol. The smallest absolute Gasteiger partial charge is 0.434 e. The van der Waals surface area contributed by atoms with Crippen LogP contribution in [0.15, 0.2) is 90.7 Å². The molecule has 3 aromatic carbocycles. The fourth-order valence-corrected chi connectivity index (χ4v) is 7.27. The van der Waals surface area contributed by atoms with E-state index in [1.807, 2.05) is 6.07 Å². The average molecular weight is 791 g/mol. The average Bonchev–Trinajstić information content (AvgIpc) is 3.26. The van der Waals surface area contributed by atoms with Crippen LogP contribution in [0, 0.1) is 0 Å². The Labute approximate surface area is 279 Å². The highest BCUT2D eigenvalue weighted by atomic mass is 79.9. The number of carbonyl (C=O) groups is 1. The van der Waals surface area contributed by atoms with Gasteiger partial charge in [-0.05, 0) is 76.5 Å². The lowest BCUT2D eigenvalue weighted by Gasteiger charge is -2.26. The monoisotopic (exact) mass is 788 g/mol. The molecule has 1 aromatic heterocycles. The van der Waals surface area contributed by atoms with Crippen molar-refractivity contribution in [2.45, 2.75) is 25.7 Å². The number of alkyl halides is 3. The van der Waals surface area contributed by atoms with Crippen molar-refractivity contribution in [3.8, 4) is 5.75 Å². The molecule has 0 N–H and O–H groups in total. The van der Waals surface area contributed by atoms with E-state index in [0.29, 0.717) is 30.3 Å². The van der Waals surface area contributed by atoms with Crippen molar-refractivity contribution in [2.24, 2.45) is 4.99 Å². The molecular formula is C30H19Br2Cl2F3N2O4S. The summed E-state index contributed by atoms with van der Waals surface area (Å²) in [6.45, 7) is 1.44. The van der Waals surface area contributed by atoms with E-state index in [9.17, 15) is 22.8 Å². The van der Waals surface area contributed by atoms with Crippen LogP contribution in [0.4, 0.5) is 13.2 Å². The number of fused-ring (bicyclic) bond motifs is 1. The minimum Gasteiger partial charge on any atom is -0.487 e. The Kier molecular flexibility index (Phi) is 9.76. The third-order valence-electron chi connectivity index (χ3n) is 6.38. The Morgan fingerprint density at radius 1 is 1.09 bits per heavy atom. The van der Waals surface area contributed by atoms with Crippen LogP contribution < -0.4 is 19.6 Å². The number of allylic oxidation sites excluding steroid dienone is 1. The Bertz CT molecular complexity index is 1980. The first-order valence-corrected chi connectivity index (χ1v) is 15.9. The zero-order valence-corrected chi connectivity index (χ0v) is 27.9. The summed E-state index contributed by atoms with van der Waals surface area (Å²) in [5.74, 6) is -0.845. The molecule has 1 aliphatic rings. The molecule has 228 valence electrons. The molecule has 2 heterocycles. The Hall–Kier alpha value is -2.90. The number of carbonyl (C=O) groups excluding carboxylic acids is 1. The quantitative estimate of drug-likeness (QED) is 0.180. The van der Waals surface area contributed by atoms with Crippen molar-refractivity contribution in [2.75, 3.05) is 6.61 Å². The fourth-order valence-electron chi connectivity index (χ4n) is 4.56. The van der Waals surface area contributed by atoms with Crippen LogP contribution in [-0.4, -0.2) is 23.3 Å². The van der Waals surface area contributed by atoms with Crippen LogP contribution in [-0.2, 0) is 16.1 Å². The number of thiazole rings is 1. The molecule has 1 aliphatic heterocycles. The van der Waals surface area contributed by atoms with E-state index in [4.69, 9.17) is 32.7 Å².